The van der Waals surface area contributed by atoms with Gasteiger partial charge in [0, 0.05) is 23.9 Å². The van der Waals surface area contributed by atoms with E-state index in [1.54, 1.807) is 0 Å². The zero-order chi connectivity index (χ0) is 17.3. The highest BCUT2D eigenvalue weighted by Crippen LogP contribution is 2.53. The highest BCUT2D eigenvalue weighted by atomic mass is 32.2. The molecule has 7 N–H and O–H groups in total. The van der Waals surface area contributed by atoms with Crippen LogP contribution in [0.15, 0.2) is 10.6 Å². The number of nitrogens with zero attached hydrogens (tertiary/aromatic N) is 2. The zero-order valence-electron chi connectivity index (χ0n) is 13.8. The van der Waals surface area contributed by atoms with Gasteiger partial charge in [0.25, 0.3) is 5.91 Å². The molecule has 8 nitrogen and oxygen atoms in total. The molecule has 0 aromatic rings. The van der Waals surface area contributed by atoms with Crippen LogP contribution in [0.5, 0.6) is 0 Å². The first-order valence-corrected chi connectivity index (χ1v) is 9.91. The van der Waals surface area contributed by atoms with Gasteiger partial charge < -0.3 is 16.9 Å². The SMILES string of the molecule is N#CC1C(N)NC2SC(C(N)=O)=C3NN4C5CCCCC5NC4C1C32. The maximum absolute atomic E-state index is 12.0. The average Bonchev–Trinajstić information content (AvgIpc) is 3.14. The number of hydrogen-bond acceptors (Lipinski definition) is 8. The summed E-state index contributed by atoms with van der Waals surface area (Å²) in [6.45, 7) is 0. The molecule has 0 spiro atoms. The highest BCUT2D eigenvalue weighted by Gasteiger charge is 2.60. The van der Waals surface area contributed by atoms with Gasteiger partial charge in [0.2, 0.25) is 0 Å². The molecule has 4 fully saturated rings. The molecular weight excluding hydrogens is 338 g/mol. The van der Waals surface area contributed by atoms with Gasteiger partial charge in [-0.05, 0) is 12.8 Å². The van der Waals surface area contributed by atoms with Crippen LogP contribution in [0.3, 0.4) is 0 Å². The zero-order valence-corrected chi connectivity index (χ0v) is 14.6. The Bertz CT molecular complexity index is 690. The van der Waals surface area contributed by atoms with Gasteiger partial charge in [-0.25, -0.2) is 5.01 Å². The summed E-state index contributed by atoms with van der Waals surface area (Å²) >= 11 is 1.45. The topological polar surface area (TPSA) is 132 Å². The summed E-state index contributed by atoms with van der Waals surface area (Å²) in [6.07, 6.45) is 4.38. The fraction of sp³-hybridized carbons (Fsp3) is 0.750. The standard InChI is InChI=1S/C16H23N7OS/c17-5-6-9-10-11(12(14(19)24)25-16(10)21-13(6)18)22-23-8-4-2-1-3-7(8)20-15(9)23/h6-10,13,15-16,20-22H,1-4,18H2,(H2,19,24). The lowest BCUT2D eigenvalue weighted by molar-refractivity contribution is -0.114. The first-order chi connectivity index (χ1) is 12.1. The van der Waals surface area contributed by atoms with Gasteiger partial charge in [-0.3, -0.25) is 15.4 Å². The van der Waals surface area contributed by atoms with Gasteiger partial charge in [0.1, 0.15) is 0 Å². The van der Waals surface area contributed by atoms with Crippen LogP contribution in [-0.2, 0) is 4.79 Å². The number of hydrazine groups is 1. The molecule has 9 heteroatoms. The molecule has 4 heterocycles. The molecule has 1 aliphatic carbocycles. The Morgan fingerprint density at radius 2 is 2.12 bits per heavy atom. The quantitative estimate of drug-likeness (QED) is 0.405. The van der Waals surface area contributed by atoms with Crippen molar-refractivity contribution in [3.05, 3.63) is 10.6 Å². The summed E-state index contributed by atoms with van der Waals surface area (Å²) in [6, 6.07) is 3.24. The molecule has 5 aliphatic rings. The lowest BCUT2D eigenvalue weighted by Crippen LogP contribution is -2.69. The Morgan fingerprint density at radius 3 is 2.88 bits per heavy atom. The van der Waals surface area contributed by atoms with Gasteiger partial charge >= 0.3 is 0 Å². The van der Waals surface area contributed by atoms with Crippen LogP contribution in [-0.4, -0.2) is 40.7 Å². The summed E-state index contributed by atoms with van der Waals surface area (Å²) in [5.41, 5.74) is 16.3. The molecule has 8 atom stereocenters. The Balaban J connectivity index is 1.60. The molecule has 0 aromatic heterocycles. The number of carbonyl (C=O) groups is 1. The van der Waals surface area contributed by atoms with Crippen molar-refractivity contribution in [1.82, 2.24) is 21.1 Å². The number of carbonyl (C=O) groups excluding carboxylic acids is 1. The molecule has 0 bridgehead atoms. The molecule has 134 valence electrons. The van der Waals surface area contributed by atoms with Gasteiger partial charge in [-0.1, -0.05) is 24.6 Å². The van der Waals surface area contributed by atoms with Crippen molar-refractivity contribution in [3.8, 4) is 6.07 Å². The second-order valence-corrected chi connectivity index (χ2v) is 8.84. The van der Waals surface area contributed by atoms with Crippen molar-refractivity contribution in [2.45, 2.75) is 55.5 Å². The number of primary amides is 1. The molecule has 1 saturated carbocycles. The maximum atomic E-state index is 12.0. The third-order valence-electron chi connectivity index (χ3n) is 6.48. The predicted octanol–water partition coefficient (Wildman–Crippen LogP) is -0.923. The lowest BCUT2D eigenvalue weighted by atomic mass is 9.72. The smallest absolute Gasteiger partial charge is 0.257 e. The van der Waals surface area contributed by atoms with E-state index in [1.165, 1.54) is 24.6 Å². The minimum atomic E-state index is -0.407. The van der Waals surface area contributed by atoms with Crippen LogP contribution in [0.2, 0.25) is 0 Å². The van der Waals surface area contributed by atoms with Crippen molar-refractivity contribution < 1.29 is 4.79 Å². The molecule has 0 radical (unpaired) electrons. The third kappa shape index (κ3) is 2.12. The number of amides is 1. The minimum absolute atomic E-state index is 0.0128. The monoisotopic (exact) mass is 361 g/mol. The van der Waals surface area contributed by atoms with Gasteiger partial charge in [0.15, 0.2) is 0 Å². The van der Waals surface area contributed by atoms with Crippen LogP contribution in [0.1, 0.15) is 25.7 Å². The van der Waals surface area contributed by atoms with E-state index in [9.17, 15) is 10.1 Å². The summed E-state index contributed by atoms with van der Waals surface area (Å²) in [7, 11) is 0. The highest BCUT2D eigenvalue weighted by molar-refractivity contribution is 8.04. The maximum Gasteiger partial charge on any atom is 0.257 e. The van der Waals surface area contributed by atoms with Crippen molar-refractivity contribution in [1.29, 1.82) is 5.26 Å². The van der Waals surface area contributed by atoms with E-state index in [0.29, 0.717) is 17.0 Å². The second-order valence-electron chi connectivity index (χ2n) is 7.68. The van der Waals surface area contributed by atoms with E-state index >= 15 is 0 Å². The molecule has 5 rings (SSSR count). The molecule has 4 aliphatic heterocycles. The van der Waals surface area contributed by atoms with E-state index in [2.05, 4.69) is 27.1 Å². The summed E-state index contributed by atoms with van der Waals surface area (Å²) in [5, 5.41) is 19.1. The molecule has 1 amide bonds. The van der Waals surface area contributed by atoms with Crippen molar-refractivity contribution in [2.75, 3.05) is 0 Å². The Labute approximate surface area is 150 Å². The number of nitrogens with one attached hydrogen (secondary N) is 3. The van der Waals surface area contributed by atoms with Crippen LogP contribution in [0, 0.1) is 29.1 Å². The lowest BCUT2D eigenvalue weighted by Gasteiger charge is -2.51. The fourth-order valence-electron chi connectivity index (χ4n) is 5.46. The third-order valence-corrected chi connectivity index (χ3v) is 7.82. The number of piperidine rings is 1. The number of hydrogen-bond donors (Lipinski definition) is 5. The Hall–Kier alpha value is -1.31. The van der Waals surface area contributed by atoms with Crippen molar-refractivity contribution >= 4 is 17.7 Å². The average molecular weight is 361 g/mol. The summed E-state index contributed by atoms with van der Waals surface area (Å²) < 4.78 is 0. The Morgan fingerprint density at radius 1 is 1.32 bits per heavy atom. The van der Waals surface area contributed by atoms with Crippen LogP contribution < -0.4 is 27.5 Å². The van der Waals surface area contributed by atoms with E-state index in [1.807, 2.05) is 0 Å². The van der Waals surface area contributed by atoms with Crippen molar-refractivity contribution in [2.24, 2.45) is 29.2 Å². The van der Waals surface area contributed by atoms with E-state index in [4.69, 9.17) is 11.5 Å². The summed E-state index contributed by atoms with van der Waals surface area (Å²) in [4.78, 5) is 12.6. The predicted molar refractivity (Wildman–Crippen MR) is 92.7 cm³/mol. The van der Waals surface area contributed by atoms with Crippen LogP contribution in [0.25, 0.3) is 0 Å². The molecule has 25 heavy (non-hydrogen) atoms. The normalized spacial score (nSPS) is 48.2. The fourth-order valence-corrected chi connectivity index (χ4v) is 6.83. The number of nitrogens with two attached hydrogens (primary N) is 2. The molecule has 8 unspecified atom stereocenters. The Kier molecular flexibility index (Phi) is 3.56. The molecule has 0 aromatic carbocycles. The second kappa shape index (κ2) is 5.59. The summed E-state index contributed by atoms with van der Waals surface area (Å²) in [5.74, 6) is -0.634. The van der Waals surface area contributed by atoms with Gasteiger partial charge in [0.05, 0.1) is 40.3 Å². The number of rotatable bonds is 1. The molecule has 3 saturated heterocycles. The van der Waals surface area contributed by atoms with Gasteiger partial charge in [-0.2, -0.15) is 5.26 Å². The number of thioether (sulfide) groups is 1. The van der Waals surface area contributed by atoms with Gasteiger partial charge in [-0.15, -0.1) is 0 Å². The van der Waals surface area contributed by atoms with Crippen molar-refractivity contribution in [3.63, 3.8) is 0 Å². The largest absolute Gasteiger partial charge is 0.365 e. The van der Waals surface area contributed by atoms with Crippen LogP contribution >= 0.6 is 11.8 Å². The van der Waals surface area contributed by atoms with Crippen LogP contribution in [0.4, 0.5) is 0 Å². The first kappa shape index (κ1) is 15.9. The minimum Gasteiger partial charge on any atom is -0.365 e. The number of nitriles is 1. The van der Waals surface area contributed by atoms with E-state index in [-0.39, 0.29) is 29.3 Å². The van der Waals surface area contributed by atoms with E-state index in [0.717, 1.165) is 18.5 Å². The first-order valence-electron chi connectivity index (χ1n) is 9.03. The number of fused-ring (bicyclic) bond motifs is 4. The van der Waals surface area contributed by atoms with E-state index < -0.39 is 12.1 Å². The molecular formula is C16H23N7OS.